The molecule has 1 aromatic heterocycles. The van der Waals surface area contributed by atoms with E-state index in [0.29, 0.717) is 23.1 Å². The molecule has 29 heavy (non-hydrogen) atoms. The van der Waals surface area contributed by atoms with Crippen LogP contribution in [0.1, 0.15) is 11.8 Å². The van der Waals surface area contributed by atoms with Crippen molar-refractivity contribution < 1.29 is 13.5 Å². The smallest absolute Gasteiger partial charge is 0.229 e. The van der Waals surface area contributed by atoms with E-state index in [4.69, 9.17) is 0 Å². The second-order valence-electron chi connectivity index (χ2n) is 6.93. The van der Waals surface area contributed by atoms with Gasteiger partial charge < -0.3 is 20.2 Å². The number of sulfone groups is 1. The highest BCUT2D eigenvalue weighted by molar-refractivity contribution is 7.90. The Labute approximate surface area is 169 Å². The number of aromatic nitrogens is 2. The first-order valence-electron chi connectivity index (χ1n) is 8.93. The van der Waals surface area contributed by atoms with Gasteiger partial charge in [0.15, 0.2) is 21.9 Å². The van der Waals surface area contributed by atoms with Crippen molar-refractivity contribution in [1.82, 2.24) is 9.97 Å². The summed E-state index contributed by atoms with van der Waals surface area (Å²) in [6, 6.07) is 14.0. The van der Waals surface area contributed by atoms with Crippen molar-refractivity contribution in [3.63, 3.8) is 0 Å². The molecule has 0 saturated carbocycles. The second kappa shape index (κ2) is 7.02. The van der Waals surface area contributed by atoms with E-state index < -0.39 is 16.1 Å². The Balaban J connectivity index is 1.70. The van der Waals surface area contributed by atoms with Crippen molar-refractivity contribution in [3.05, 3.63) is 60.3 Å². The second-order valence-corrected chi connectivity index (χ2v) is 8.94. The fraction of sp³-hybridized carbons (Fsp3) is 0.200. The standard InChI is InChI=1S/C20H21N5O3S/c1-24-16-7-5-4-6-15(16)19(26)25(2)17-12-21-20(23-18(17)24)22-13-8-10-14(11-9-13)29(3,27)28/h4-12,19,26H,1-3H3,(H,21,22,23). The van der Waals surface area contributed by atoms with Gasteiger partial charge in [-0.2, -0.15) is 4.98 Å². The molecule has 0 fully saturated rings. The lowest BCUT2D eigenvalue weighted by molar-refractivity contribution is 0.179. The third-order valence-corrected chi connectivity index (χ3v) is 6.06. The van der Waals surface area contributed by atoms with Crippen LogP contribution in [0.25, 0.3) is 0 Å². The fourth-order valence-electron chi connectivity index (χ4n) is 3.30. The van der Waals surface area contributed by atoms with E-state index >= 15 is 0 Å². The van der Waals surface area contributed by atoms with Crippen LogP contribution in [0.2, 0.25) is 0 Å². The van der Waals surface area contributed by atoms with Gasteiger partial charge in [-0.15, -0.1) is 0 Å². The molecule has 4 rings (SSSR count). The lowest BCUT2D eigenvalue weighted by Crippen LogP contribution is -2.23. The predicted molar refractivity (Wildman–Crippen MR) is 113 cm³/mol. The van der Waals surface area contributed by atoms with E-state index in [9.17, 15) is 13.5 Å². The lowest BCUT2D eigenvalue weighted by Gasteiger charge is -2.24. The summed E-state index contributed by atoms with van der Waals surface area (Å²) >= 11 is 0. The number of aliphatic hydroxyl groups is 1. The van der Waals surface area contributed by atoms with Gasteiger partial charge in [-0.3, -0.25) is 0 Å². The molecule has 2 heterocycles. The SMILES string of the molecule is CN1c2ccccc2C(O)N(C)c2cnc(Nc3ccc(S(C)(=O)=O)cc3)nc21. The number of fused-ring (bicyclic) bond motifs is 2. The molecule has 8 nitrogen and oxygen atoms in total. The topological polar surface area (TPSA) is 98.7 Å². The van der Waals surface area contributed by atoms with Gasteiger partial charge in [0.05, 0.1) is 11.1 Å². The minimum atomic E-state index is -3.25. The van der Waals surface area contributed by atoms with Crippen molar-refractivity contribution in [2.24, 2.45) is 0 Å². The summed E-state index contributed by atoms with van der Waals surface area (Å²) in [5.74, 6) is 1.01. The summed E-state index contributed by atoms with van der Waals surface area (Å²) in [6.45, 7) is 0. The number of rotatable bonds is 3. The van der Waals surface area contributed by atoms with Gasteiger partial charge in [-0.05, 0) is 30.3 Å². The van der Waals surface area contributed by atoms with Crippen LogP contribution in [-0.2, 0) is 9.84 Å². The van der Waals surface area contributed by atoms with Gasteiger partial charge in [0, 0.05) is 37.3 Å². The maximum atomic E-state index is 11.6. The summed E-state index contributed by atoms with van der Waals surface area (Å²) in [5.41, 5.74) is 2.99. The van der Waals surface area contributed by atoms with Crippen molar-refractivity contribution in [3.8, 4) is 0 Å². The van der Waals surface area contributed by atoms with Gasteiger partial charge in [0.1, 0.15) is 5.69 Å². The molecule has 2 aromatic carbocycles. The van der Waals surface area contributed by atoms with Crippen LogP contribution in [0, 0.1) is 0 Å². The van der Waals surface area contributed by atoms with Crippen molar-refractivity contribution in [1.29, 1.82) is 0 Å². The van der Waals surface area contributed by atoms with Crippen molar-refractivity contribution in [2.75, 3.05) is 35.5 Å². The highest BCUT2D eigenvalue weighted by Gasteiger charge is 2.28. The Hall–Kier alpha value is -3.17. The van der Waals surface area contributed by atoms with E-state index in [1.165, 1.54) is 18.4 Å². The van der Waals surface area contributed by atoms with Crippen LogP contribution in [0.15, 0.2) is 59.6 Å². The quantitative estimate of drug-likeness (QED) is 0.679. The van der Waals surface area contributed by atoms with Crippen molar-refractivity contribution >= 4 is 38.7 Å². The number of aliphatic hydroxyl groups excluding tert-OH is 1. The maximum absolute atomic E-state index is 11.6. The summed E-state index contributed by atoms with van der Waals surface area (Å²) < 4.78 is 23.2. The summed E-state index contributed by atoms with van der Waals surface area (Å²) in [4.78, 5) is 12.9. The van der Waals surface area contributed by atoms with Gasteiger partial charge in [0.2, 0.25) is 5.95 Å². The van der Waals surface area contributed by atoms with E-state index in [2.05, 4.69) is 15.3 Å². The molecular weight excluding hydrogens is 390 g/mol. The van der Waals surface area contributed by atoms with Gasteiger partial charge in [-0.25, -0.2) is 13.4 Å². The Bertz CT molecular complexity index is 1160. The molecule has 0 amide bonds. The molecule has 1 unspecified atom stereocenters. The van der Waals surface area contributed by atoms with Gasteiger partial charge in [0.25, 0.3) is 0 Å². The predicted octanol–water partition coefficient (Wildman–Crippen LogP) is 2.83. The number of nitrogens with zero attached hydrogens (tertiary/aromatic N) is 4. The molecule has 1 atom stereocenters. The summed E-state index contributed by atoms with van der Waals surface area (Å²) in [5, 5.41) is 13.8. The zero-order valence-electron chi connectivity index (χ0n) is 16.2. The monoisotopic (exact) mass is 411 g/mol. The normalized spacial score (nSPS) is 16.1. The Morgan fingerprint density at radius 2 is 1.72 bits per heavy atom. The third-order valence-electron chi connectivity index (χ3n) is 4.93. The fourth-order valence-corrected chi connectivity index (χ4v) is 3.93. The Morgan fingerprint density at radius 3 is 2.41 bits per heavy atom. The molecule has 0 radical (unpaired) electrons. The average molecular weight is 411 g/mol. The highest BCUT2D eigenvalue weighted by Crippen LogP contribution is 2.41. The number of hydrogen-bond acceptors (Lipinski definition) is 8. The molecule has 150 valence electrons. The molecule has 3 aromatic rings. The molecule has 1 aliphatic rings. The number of nitrogens with one attached hydrogen (secondary N) is 1. The summed E-state index contributed by atoms with van der Waals surface area (Å²) in [6.07, 6.45) is 2.01. The molecule has 0 aliphatic carbocycles. The molecule has 2 N–H and O–H groups in total. The number of anilines is 5. The first-order valence-corrected chi connectivity index (χ1v) is 10.8. The molecular formula is C20H21N5O3S. The van der Waals surface area contributed by atoms with Crippen LogP contribution in [0.3, 0.4) is 0 Å². The maximum Gasteiger partial charge on any atom is 0.229 e. The highest BCUT2D eigenvalue weighted by atomic mass is 32.2. The number of benzene rings is 2. The molecule has 0 bridgehead atoms. The minimum Gasteiger partial charge on any atom is -0.369 e. The van der Waals surface area contributed by atoms with Crippen LogP contribution >= 0.6 is 0 Å². The molecule has 9 heteroatoms. The number of hydrogen-bond donors (Lipinski definition) is 2. The minimum absolute atomic E-state index is 0.248. The van der Waals surface area contributed by atoms with E-state index in [0.717, 1.165) is 11.3 Å². The summed E-state index contributed by atoms with van der Waals surface area (Å²) in [7, 11) is 0.431. The van der Waals surface area contributed by atoms with Gasteiger partial charge >= 0.3 is 0 Å². The van der Waals surface area contributed by atoms with Crippen LogP contribution in [-0.4, -0.2) is 43.8 Å². The molecule has 1 aliphatic heterocycles. The Kier molecular flexibility index (Phi) is 4.64. The van der Waals surface area contributed by atoms with E-state index in [1.807, 2.05) is 36.2 Å². The van der Waals surface area contributed by atoms with Crippen LogP contribution < -0.4 is 15.1 Å². The lowest BCUT2D eigenvalue weighted by atomic mass is 10.1. The number of para-hydroxylation sites is 1. The Morgan fingerprint density at radius 1 is 1.03 bits per heavy atom. The third kappa shape index (κ3) is 3.50. The average Bonchev–Trinajstić information content (AvgIpc) is 2.78. The zero-order chi connectivity index (χ0) is 20.8. The van der Waals surface area contributed by atoms with Crippen LogP contribution in [0.4, 0.5) is 28.8 Å². The van der Waals surface area contributed by atoms with E-state index in [-0.39, 0.29) is 4.90 Å². The molecule has 0 saturated heterocycles. The van der Waals surface area contributed by atoms with E-state index in [1.54, 1.807) is 30.3 Å². The van der Waals surface area contributed by atoms with Gasteiger partial charge in [-0.1, -0.05) is 18.2 Å². The largest absolute Gasteiger partial charge is 0.369 e. The first-order chi connectivity index (χ1) is 13.8. The molecule has 0 spiro atoms. The van der Waals surface area contributed by atoms with Crippen LogP contribution in [0.5, 0.6) is 0 Å². The first kappa shape index (κ1) is 19.2. The zero-order valence-corrected chi connectivity index (χ0v) is 17.1. The van der Waals surface area contributed by atoms with Crippen molar-refractivity contribution in [2.45, 2.75) is 11.1 Å².